The second kappa shape index (κ2) is 8.99. The molecule has 5 aromatic rings. The average Bonchev–Trinajstić information content (AvgIpc) is 3.71. The summed E-state index contributed by atoms with van der Waals surface area (Å²) in [6.07, 6.45) is 5.74. The van der Waals surface area contributed by atoms with E-state index in [0.717, 1.165) is 29.1 Å². The molecule has 5 aromatic carbocycles. The maximum absolute atomic E-state index is 3.66. The van der Waals surface area contributed by atoms with Crippen molar-refractivity contribution in [1.29, 1.82) is 0 Å². The van der Waals surface area contributed by atoms with Crippen molar-refractivity contribution >= 4 is 11.4 Å². The van der Waals surface area contributed by atoms with E-state index in [1.54, 1.807) is 0 Å². The van der Waals surface area contributed by atoms with Crippen molar-refractivity contribution in [2.45, 2.75) is 37.0 Å². The smallest absolute Gasteiger partial charge is 0.0713 e. The SMILES string of the molecule is c1ccc(C2(c3ccc(Nc4ccc(C5CC6CCC5C6)cc4)cc3)c3ccccc3-c3ccccc32)cc1. The summed E-state index contributed by atoms with van der Waals surface area (Å²) in [5, 5.41) is 3.66. The van der Waals surface area contributed by atoms with Crippen molar-refractivity contribution < 1.29 is 0 Å². The Hall–Kier alpha value is -4.10. The van der Waals surface area contributed by atoms with Gasteiger partial charge in [-0.3, -0.25) is 0 Å². The van der Waals surface area contributed by atoms with E-state index < -0.39 is 0 Å². The minimum Gasteiger partial charge on any atom is -0.356 e. The molecule has 3 aliphatic carbocycles. The van der Waals surface area contributed by atoms with E-state index in [0.29, 0.717) is 0 Å². The number of nitrogens with one attached hydrogen (secondary N) is 1. The number of anilines is 2. The van der Waals surface area contributed by atoms with Crippen LogP contribution in [0.3, 0.4) is 0 Å². The van der Waals surface area contributed by atoms with Crippen molar-refractivity contribution in [3.63, 3.8) is 0 Å². The highest BCUT2D eigenvalue weighted by atomic mass is 14.9. The van der Waals surface area contributed by atoms with E-state index in [1.807, 2.05) is 0 Å². The highest BCUT2D eigenvalue weighted by Crippen LogP contribution is 2.56. The third-order valence-electron chi connectivity index (χ3n) is 9.84. The molecule has 0 saturated heterocycles. The first-order valence-electron chi connectivity index (χ1n) is 14.5. The number of rotatable bonds is 5. The molecule has 2 saturated carbocycles. The fourth-order valence-corrected chi connectivity index (χ4v) is 8.15. The van der Waals surface area contributed by atoms with Crippen molar-refractivity contribution in [3.8, 4) is 11.1 Å². The van der Waals surface area contributed by atoms with E-state index >= 15 is 0 Å². The predicted octanol–water partition coefficient (Wildman–Crippen LogP) is 9.70. The van der Waals surface area contributed by atoms with Crippen LogP contribution in [0, 0.1) is 11.8 Å². The van der Waals surface area contributed by atoms with Gasteiger partial charge in [-0.15, -0.1) is 0 Å². The first-order valence-corrected chi connectivity index (χ1v) is 14.5. The Bertz CT molecular complexity index is 1590. The summed E-state index contributed by atoms with van der Waals surface area (Å²) in [6.45, 7) is 0. The quantitative estimate of drug-likeness (QED) is 0.247. The molecule has 2 bridgehead atoms. The summed E-state index contributed by atoms with van der Waals surface area (Å²) in [6, 6.07) is 47.2. The van der Waals surface area contributed by atoms with Crippen LogP contribution in [0.1, 0.15) is 59.4 Å². The zero-order valence-electron chi connectivity index (χ0n) is 22.2. The Balaban J connectivity index is 1.15. The highest BCUT2D eigenvalue weighted by Gasteiger charge is 2.45. The van der Waals surface area contributed by atoms with Crippen LogP contribution in [0.5, 0.6) is 0 Å². The van der Waals surface area contributed by atoms with Crippen LogP contribution < -0.4 is 5.32 Å². The first-order chi connectivity index (χ1) is 19.3. The van der Waals surface area contributed by atoms with Gasteiger partial charge in [-0.2, -0.15) is 0 Å². The number of hydrogen-bond donors (Lipinski definition) is 1. The van der Waals surface area contributed by atoms with Gasteiger partial charge >= 0.3 is 0 Å². The molecule has 1 N–H and O–H groups in total. The van der Waals surface area contributed by atoms with E-state index in [-0.39, 0.29) is 5.41 Å². The summed E-state index contributed by atoms with van der Waals surface area (Å²) < 4.78 is 0. The molecular formula is C38H33N. The van der Waals surface area contributed by atoms with Crippen molar-refractivity contribution in [2.24, 2.45) is 11.8 Å². The van der Waals surface area contributed by atoms with Gasteiger partial charge in [0.2, 0.25) is 0 Å². The number of hydrogen-bond acceptors (Lipinski definition) is 1. The van der Waals surface area contributed by atoms with Gasteiger partial charge in [0.25, 0.3) is 0 Å². The largest absolute Gasteiger partial charge is 0.356 e. The van der Waals surface area contributed by atoms with Crippen molar-refractivity contribution in [2.75, 3.05) is 5.32 Å². The van der Waals surface area contributed by atoms with Crippen molar-refractivity contribution in [3.05, 3.63) is 155 Å². The van der Waals surface area contributed by atoms with E-state index in [1.165, 1.54) is 64.6 Å². The molecule has 0 heterocycles. The monoisotopic (exact) mass is 503 g/mol. The van der Waals surface area contributed by atoms with Crippen LogP contribution in [-0.2, 0) is 5.41 Å². The molecule has 2 fully saturated rings. The van der Waals surface area contributed by atoms with Crippen molar-refractivity contribution in [1.82, 2.24) is 0 Å². The molecule has 8 rings (SSSR count). The molecule has 0 aromatic heterocycles. The minimum absolute atomic E-state index is 0.338. The average molecular weight is 504 g/mol. The predicted molar refractivity (Wildman–Crippen MR) is 162 cm³/mol. The lowest BCUT2D eigenvalue weighted by atomic mass is 9.68. The third kappa shape index (κ3) is 3.53. The lowest BCUT2D eigenvalue weighted by molar-refractivity contribution is 0.420. The molecule has 3 atom stereocenters. The van der Waals surface area contributed by atoms with Crippen LogP contribution >= 0.6 is 0 Å². The van der Waals surface area contributed by atoms with Crippen LogP contribution in [0.25, 0.3) is 11.1 Å². The van der Waals surface area contributed by atoms with E-state index in [9.17, 15) is 0 Å². The molecule has 39 heavy (non-hydrogen) atoms. The summed E-state index contributed by atoms with van der Waals surface area (Å²) in [4.78, 5) is 0. The Labute approximate surface area is 231 Å². The lowest BCUT2D eigenvalue weighted by Crippen LogP contribution is -2.28. The topological polar surface area (TPSA) is 12.0 Å². The fraction of sp³-hybridized carbons (Fsp3) is 0.211. The van der Waals surface area contributed by atoms with Gasteiger partial charge in [-0.25, -0.2) is 0 Å². The minimum atomic E-state index is -0.338. The Morgan fingerprint density at radius 2 is 1.08 bits per heavy atom. The van der Waals surface area contributed by atoms with Gasteiger partial charge in [0.05, 0.1) is 5.41 Å². The second-order valence-electron chi connectivity index (χ2n) is 11.8. The first kappa shape index (κ1) is 22.8. The molecular weight excluding hydrogens is 470 g/mol. The molecule has 0 spiro atoms. The highest BCUT2D eigenvalue weighted by molar-refractivity contribution is 5.86. The number of benzene rings is 5. The van der Waals surface area contributed by atoms with Crippen LogP contribution in [0.15, 0.2) is 127 Å². The molecule has 0 aliphatic heterocycles. The lowest BCUT2D eigenvalue weighted by Gasteiger charge is -2.34. The summed E-state index contributed by atoms with van der Waals surface area (Å²) in [5.41, 5.74) is 11.4. The van der Waals surface area contributed by atoms with Gasteiger partial charge in [0.1, 0.15) is 0 Å². The fourth-order valence-electron chi connectivity index (χ4n) is 8.15. The molecule has 1 nitrogen and oxygen atoms in total. The van der Waals surface area contributed by atoms with Crippen LogP contribution in [0.2, 0.25) is 0 Å². The third-order valence-corrected chi connectivity index (χ3v) is 9.84. The van der Waals surface area contributed by atoms with Crippen LogP contribution in [0.4, 0.5) is 11.4 Å². The molecule has 190 valence electrons. The van der Waals surface area contributed by atoms with Gasteiger partial charge < -0.3 is 5.32 Å². The maximum Gasteiger partial charge on any atom is 0.0713 e. The summed E-state index contributed by atoms with van der Waals surface area (Å²) in [7, 11) is 0. The Morgan fingerprint density at radius 1 is 0.513 bits per heavy atom. The van der Waals surface area contributed by atoms with E-state index in [4.69, 9.17) is 0 Å². The Morgan fingerprint density at radius 3 is 1.67 bits per heavy atom. The number of fused-ring (bicyclic) bond motifs is 5. The molecule has 0 amide bonds. The van der Waals surface area contributed by atoms with Crippen LogP contribution in [-0.4, -0.2) is 0 Å². The summed E-state index contributed by atoms with van der Waals surface area (Å²) in [5.74, 6) is 2.68. The molecule has 3 aliphatic rings. The van der Waals surface area contributed by atoms with Gasteiger partial charge in [0.15, 0.2) is 0 Å². The molecule has 1 heteroatoms. The van der Waals surface area contributed by atoms with Gasteiger partial charge in [0, 0.05) is 11.4 Å². The zero-order chi connectivity index (χ0) is 25.8. The van der Waals surface area contributed by atoms with E-state index in [2.05, 4.69) is 133 Å². The Kier molecular flexibility index (Phi) is 5.26. The zero-order valence-corrected chi connectivity index (χ0v) is 22.2. The van der Waals surface area contributed by atoms with Gasteiger partial charge in [-0.1, -0.05) is 110 Å². The second-order valence-corrected chi connectivity index (χ2v) is 11.8. The molecule has 0 radical (unpaired) electrons. The standard InChI is InChI=1S/C38H33N/c1-2-8-29(9-3-1)38(36-12-6-4-10-33(36)34-11-5-7-13-37(34)38)30-18-22-32(23-19-30)39-31-20-16-27(17-21-31)35-25-26-14-15-28(35)24-26/h1-13,16-23,26,28,35,39H,14-15,24-25H2. The normalized spacial score (nSPS) is 21.9. The maximum atomic E-state index is 3.66. The molecule has 3 unspecified atom stereocenters. The summed E-state index contributed by atoms with van der Waals surface area (Å²) >= 11 is 0. The van der Waals surface area contributed by atoms with Gasteiger partial charge in [-0.05, 0) is 100 Å².